The second kappa shape index (κ2) is 5.15. The van der Waals surface area contributed by atoms with Crippen molar-refractivity contribution in [3.8, 4) is 0 Å². The summed E-state index contributed by atoms with van der Waals surface area (Å²) in [5.41, 5.74) is 3.18. The molecule has 1 aliphatic rings. The molecule has 0 bridgehead atoms. The zero-order valence-corrected chi connectivity index (χ0v) is 12.6. The van der Waals surface area contributed by atoms with Crippen molar-refractivity contribution in [3.63, 3.8) is 0 Å². The predicted octanol–water partition coefficient (Wildman–Crippen LogP) is 2.59. The predicted molar refractivity (Wildman–Crippen MR) is 82.7 cm³/mol. The van der Waals surface area contributed by atoms with Gasteiger partial charge in [0.15, 0.2) is 5.65 Å². The van der Waals surface area contributed by atoms with Gasteiger partial charge in [0.2, 0.25) is 0 Å². The molecule has 0 fully saturated rings. The van der Waals surface area contributed by atoms with Gasteiger partial charge in [-0.2, -0.15) is 5.10 Å². The Bertz CT molecular complexity index is 918. The minimum atomic E-state index is -0.224. The summed E-state index contributed by atoms with van der Waals surface area (Å²) in [6.45, 7) is 1.78. The summed E-state index contributed by atoms with van der Waals surface area (Å²) in [6.07, 6.45) is 4.73. The van der Waals surface area contributed by atoms with Crippen LogP contribution < -0.4 is 5.32 Å². The molecule has 4 rings (SSSR count). The fraction of sp³-hybridized carbons (Fsp3) is 0.235. The lowest BCUT2D eigenvalue weighted by molar-refractivity contribution is 0.0937. The van der Waals surface area contributed by atoms with Gasteiger partial charge >= 0.3 is 0 Å². The number of carbonyl (C=O) groups excluding carboxylic acids is 1. The third-order valence-electron chi connectivity index (χ3n) is 4.32. The average molecular weight is 310 g/mol. The summed E-state index contributed by atoms with van der Waals surface area (Å²) >= 11 is 0. The third kappa shape index (κ3) is 2.18. The molecule has 116 valence electrons. The van der Waals surface area contributed by atoms with Gasteiger partial charge in [0.25, 0.3) is 5.91 Å². The van der Waals surface area contributed by atoms with E-state index < -0.39 is 0 Å². The number of aryl methyl sites for hydroxylation is 1. The van der Waals surface area contributed by atoms with Crippen LogP contribution in [0.1, 0.15) is 39.6 Å². The van der Waals surface area contributed by atoms with Crippen molar-refractivity contribution < 1.29 is 9.18 Å². The van der Waals surface area contributed by atoms with E-state index in [0.717, 1.165) is 5.56 Å². The molecule has 1 aliphatic carbocycles. The number of benzene rings is 1. The summed E-state index contributed by atoms with van der Waals surface area (Å²) in [7, 11) is 0. The van der Waals surface area contributed by atoms with Gasteiger partial charge in [0, 0.05) is 12.4 Å². The fourth-order valence-electron chi connectivity index (χ4n) is 3.25. The number of aromatic nitrogens is 3. The van der Waals surface area contributed by atoms with Crippen LogP contribution in [0, 0.1) is 12.7 Å². The van der Waals surface area contributed by atoms with E-state index in [9.17, 15) is 9.18 Å². The molecule has 1 atom stereocenters. The first-order chi connectivity index (χ1) is 11.1. The molecule has 1 unspecified atom stereocenters. The number of amides is 1. The number of carbonyl (C=O) groups is 1. The fourth-order valence-corrected chi connectivity index (χ4v) is 3.25. The van der Waals surface area contributed by atoms with Gasteiger partial charge in [-0.25, -0.2) is 13.9 Å². The Morgan fingerprint density at radius 3 is 3.13 bits per heavy atom. The highest BCUT2D eigenvalue weighted by atomic mass is 19.1. The van der Waals surface area contributed by atoms with Crippen molar-refractivity contribution in [2.45, 2.75) is 25.8 Å². The molecule has 0 spiro atoms. The smallest absolute Gasteiger partial charge is 0.257 e. The quantitative estimate of drug-likeness (QED) is 0.791. The number of hydrogen-bond donors (Lipinski definition) is 1. The van der Waals surface area contributed by atoms with E-state index in [-0.39, 0.29) is 17.8 Å². The van der Waals surface area contributed by atoms with E-state index in [2.05, 4.69) is 15.4 Å². The van der Waals surface area contributed by atoms with Crippen LogP contribution in [0.5, 0.6) is 0 Å². The lowest BCUT2D eigenvalue weighted by Gasteiger charge is -2.14. The van der Waals surface area contributed by atoms with E-state index in [1.807, 2.05) is 6.07 Å². The minimum Gasteiger partial charge on any atom is -0.345 e. The Morgan fingerprint density at radius 2 is 2.26 bits per heavy atom. The van der Waals surface area contributed by atoms with Crippen molar-refractivity contribution in [1.29, 1.82) is 0 Å². The summed E-state index contributed by atoms with van der Waals surface area (Å²) in [6, 6.07) is 6.60. The van der Waals surface area contributed by atoms with Crippen LogP contribution in [0.4, 0.5) is 4.39 Å². The standard InChI is InChI=1S/C17H15FN4O/c1-10-15(16-19-8-3-9-22(16)21-10)17(23)20-14-7-6-11-12(14)4-2-5-13(11)18/h2-5,8-9,14H,6-7H2,1H3,(H,20,23). The van der Waals surface area contributed by atoms with E-state index >= 15 is 0 Å². The van der Waals surface area contributed by atoms with Crippen LogP contribution in [-0.2, 0) is 6.42 Å². The highest BCUT2D eigenvalue weighted by Crippen LogP contribution is 2.33. The maximum atomic E-state index is 13.8. The number of halogens is 1. The number of rotatable bonds is 2. The van der Waals surface area contributed by atoms with E-state index in [1.165, 1.54) is 6.07 Å². The SMILES string of the molecule is Cc1nn2cccnc2c1C(=O)NC1CCc2c(F)cccc21. The topological polar surface area (TPSA) is 59.3 Å². The van der Waals surface area contributed by atoms with Crippen LogP contribution in [-0.4, -0.2) is 20.5 Å². The molecule has 0 aliphatic heterocycles. The average Bonchev–Trinajstić information content (AvgIpc) is 3.08. The first kappa shape index (κ1) is 13.9. The second-order valence-corrected chi connectivity index (χ2v) is 5.72. The summed E-state index contributed by atoms with van der Waals surface area (Å²) in [5, 5.41) is 7.30. The van der Waals surface area contributed by atoms with Crippen LogP contribution in [0.15, 0.2) is 36.7 Å². The van der Waals surface area contributed by atoms with Crippen molar-refractivity contribution in [2.75, 3.05) is 0 Å². The number of nitrogens with zero attached hydrogens (tertiary/aromatic N) is 3. The molecule has 2 aromatic heterocycles. The van der Waals surface area contributed by atoms with Gasteiger partial charge in [-0.15, -0.1) is 0 Å². The Morgan fingerprint density at radius 1 is 1.39 bits per heavy atom. The highest BCUT2D eigenvalue weighted by molar-refractivity contribution is 6.01. The molecule has 2 heterocycles. The van der Waals surface area contributed by atoms with E-state index in [1.54, 1.807) is 36.0 Å². The van der Waals surface area contributed by atoms with Gasteiger partial charge in [-0.1, -0.05) is 12.1 Å². The molecular formula is C17H15FN4O. The van der Waals surface area contributed by atoms with E-state index in [0.29, 0.717) is 35.3 Å². The van der Waals surface area contributed by atoms with Crippen LogP contribution in [0.2, 0.25) is 0 Å². The monoisotopic (exact) mass is 310 g/mol. The molecule has 1 aromatic carbocycles. The molecule has 3 aromatic rings. The molecule has 1 amide bonds. The maximum absolute atomic E-state index is 13.8. The van der Waals surface area contributed by atoms with Crippen molar-refractivity contribution >= 4 is 11.6 Å². The van der Waals surface area contributed by atoms with Crippen LogP contribution in [0.25, 0.3) is 5.65 Å². The van der Waals surface area contributed by atoms with Crippen LogP contribution in [0.3, 0.4) is 0 Å². The molecule has 6 heteroatoms. The summed E-state index contributed by atoms with van der Waals surface area (Å²) < 4.78 is 15.4. The summed E-state index contributed by atoms with van der Waals surface area (Å²) in [5.74, 6) is -0.425. The maximum Gasteiger partial charge on any atom is 0.257 e. The lowest BCUT2D eigenvalue weighted by Crippen LogP contribution is -2.27. The Hall–Kier alpha value is -2.76. The van der Waals surface area contributed by atoms with Gasteiger partial charge in [0.05, 0.1) is 11.7 Å². The van der Waals surface area contributed by atoms with Gasteiger partial charge < -0.3 is 5.32 Å². The minimum absolute atomic E-state index is 0.175. The molecule has 0 saturated heterocycles. The summed E-state index contributed by atoms with van der Waals surface area (Å²) in [4.78, 5) is 16.9. The van der Waals surface area contributed by atoms with E-state index in [4.69, 9.17) is 0 Å². The first-order valence-corrected chi connectivity index (χ1v) is 7.53. The molecule has 5 nitrogen and oxygen atoms in total. The number of nitrogens with one attached hydrogen (secondary N) is 1. The van der Waals surface area contributed by atoms with Crippen LogP contribution >= 0.6 is 0 Å². The van der Waals surface area contributed by atoms with Gasteiger partial charge in [-0.3, -0.25) is 4.79 Å². The molecule has 0 radical (unpaired) electrons. The van der Waals surface area contributed by atoms with Crippen molar-refractivity contribution in [3.05, 3.63) is 64.9 Å². The zero-order chi connectivity index (χ0) is 16.0. The highest BCUT2D eigenvalue weighted by Gasteiger charge is 2.28. The van der Waals surface area contributed by atoms with Gasteiger partial charge in [0.1, 0.15) is 11.4 Å². The molecule has 23 heavy (non-hydrogen) atoms. The Balaban J connectivity index is 1.67. The largest absolute Gasteiger partial charge is 0.345 e. The molecular weight excluding hydrogens is 295 g/mol. The third-order valence-corrected chi connectivity index (χ3v) is 4.32. The normalized spacial score (nSPS) is 16.5. The lowest BCUT2D eigenvalue weighted by atomic mass is 10.1. The Labute approximate surface area is 132 Å². The number of fused-ring (bicyclic) bond motifs is 2. The first-order valence-electron chi connectivity index (χ1n) is 7.53. The van der Waals surface area contributed by atoms with Gasteiger partial charge in [-0.05, 0) is 43.0 Å². The van der Waals surface area contributed by atoms with Crippen molar-refractivity contribution in [1.82, 2.24) is 19.9 Å². The second-order valence-electron chi connectivity index (χ2n) is 5.72. The molecule has 1 N–H and O–H groups in total. The zero-order valence-electron chi connectivity index (χ0n) is 12.6. The molecule has 0 saturated carbocycles. The number of hydrogen-bond acceptors (Lipinski definition) is 3. The Kier molecular flexibility index (Phi) is 3.11. The van der Waals surface area contributed by atoms with Crippen molar-refractivity contribution in [2.24, 2.45) is 0 Å².